The second-order valence-corrected chi connectivity index (χ2v) is 6.94. The molecular formula is C22H20N4O3. The molecule has 0 aliphatic rings. The molecule has 1 aromatic carbocycles. The Morgan fingerprint density at radius 2 is 2.10 bits per heavy atom. The van der Waals surface area contributed by atoms with Gasteiger partial charge in [0.05, 0.1) is 29.8 Å². The van der Waals surface area contributed by atoms with Gasteiger partial charge in [0.15, 0.2) is 5.76 Å². The van der Waals surface area contributed by atoms with E-state index in [1.807, 2.05) is 42.6 Å². The predicted octanol–water partition coefficient (Wildman–Crippen LogP) is 3.79. The van der Waals surface area contributed by atoms with Crippen LogP contribution in [0, 0.1) is 0 Å². The second kappa shape index (κ2) is 7.27. The molecular weight excluding hydrogens is 368 g/mol. The number of ether oxygens (including phenoxy) is 1. The Morgan fingerprint density at radius 3 is 2.93 bits per heavy atom. The van der Waals surface area contributed by atoms with Gasteiger partial charge in [0, 0.05) is 30.6 Å². The van der Waals surface area contributed by atoms with Crippen molar-refractivity contribution in [3.63, 3.8) is 0 Å². The third-order valence-corrected chi connectivity index (χ3v) is 5.31. The molecule has 7 heteroatoms. The molecule has 5 aromatic rings. The standard InChI is InChI=1S/C22H20N4O3/c1-28-15(12-27)7-9-26-17-11-23-8-6-16(17)20-21(24-13-25-22(20)26)19-10-14-4-2-3-5-18(14)29-19/h2-6,8,10-11,13,15,27H,7,9,12H2,1H3. The molecule has 0 radical (unpaired) electrons. The number of hydrogen-bond donors (Lipinski definition) is 1. The van der Waals surface area contributed by atoms with Gasteiger partial charge in [-0.2, -0.15) is 0 Å². The molecule has 0 saturated carbocycles. The van der Waals surface area contributed by atoms with Crippen molar-refractivity contribution in [3.8, 4) is 11.5 Å². The monoisotopic (exact) mass is 388 g/mol. The van der Waals surface area contributed by atoms with E-state index in [0.29, 0.717) is 18.7 Å². The highest BCUT2D eigenvalue weighted by molar-refractivity contribution is 6.12. The molecule has 0 amide bonds. The van der Waals surface area contributed by atoms with Crippen LogP contribution in [0.25, 0.3) is 44.4 Å². The van der Waals surface area contributed by atoms with E-state index < -0.39 is 0 Å². The summed E-state index contributed by atoms with van der Waals surface area (Å²) in [7, 11) is 1.61. The topological polar surface area (TPSA) is 86.2 Å². The average molecular weight is 388 g/mol. The van der Waals surface area contributed by atoms with Crippen LogP contribution in [-0.2, 0) is 11.3 Å². The lowest BCUT2D eigenvalue weighted by atomic mass is 10.1. The molecule has 146 valence electrons. The quantitative estimate of drug-likeness (QED) is 0.476. The van der Waals surface area contributed by atoms with Gasteiger partial charge in [-0.15, -0.1) is 0 Å². The first-order valence-electron chi connectivity index (χ1n) is 9.49. The minimum atomic E-state index is -0.226. The van der Waals surface area contributed by atoms with Gasteiger partial charge in [-0.3, -0.25) is 4.98 Å². The number of rotatable bonds is 6. The minimum Gasteiger partial charge on any atom is -0.454 e. The third kappa shape index (κ3) is 2.95. The van der Waals surface area contributed by atoms with Crippen LogP contribution in [0.1, 0.15) is 6.42 Å². The number of aliphatic hydroxyl groups excluding tert-OH is 1. The molecule has 7 nitrogen and oxygen atoms in total. The maximum Gasteiger partial charge on any atom is 0.154 e. The van der Waals surface area contributed by atoms with Gasteiger partial charge in [0.2, 0.25) is 0 Å². The minimum absolute atomic E-state index is 0.0227. The van der Waals surface area contributed by atoms with E-state index in [4.69, 9.17) is 9.15 Å². The average Bonchev–Trinajstić information content (AvgIpc) is 3.34. The van der Waals surface area contributed by atoms with E-state index in [-0.39, 0.29) is 12.7 Å². The number of fused-ring (bicyclic) bond motifs is 4. The van der Waals surface area contributed by atoms with E-state index in [0.717, 1.165) is 38.6 Å². The number of methoxy groups -OCH3 is 1. The second-order valence-electron chi connectivity index (χ2n) is 6.94. The van der Waals surface area contributed by atoms with Crippen molar-refractivity contribution in [2.24, 2.45) is 0 Å². The lowest BCUT2D eigenvalue weighted by Gasteiger charge is -2.13. The zero-order valence-corrected chi connectivity index (χ0v) is 15.9. The number of aliphatic hydroxyl groups is 1. The fraction of sp³-hybridized carbons (Fsp3) is 0.227. The molecule has 1 atom stereocenters. The van der Waals surface area contributed by atoms with Crippen LogP contribution in [0.3, 0.4) is 0 Å². The molecule has 0 spiro atoms. The van der Waals surface area contributed by atoms with Gasteiger partial charge in [-0.25, -0.2) is 9.97 Å². The lowest BCUT2D eigenvalue weighted by molar-refractivity contribution is 0.0407. The molecule has 4 aromatic heterocycles. The maximum atomic E-state index is 9.46. The largest absolute Gasteiger partial charge is 0.454 e. The molecule has 0 saturated heterocycles. The number of nitrogens with zero attached hydrogens (tertiary/aromatic N) is 4. The number of furan rings is 1. The number of benzene rings is 1. The van der Waals surface area contributed by atoms with Crippen LogP contribution in [-0.4, -0.2) is 44.4 Å². The third-order valence-electron chi connectivity index (χ3n) is 5.31. The first-order chi connectivity index (χ1) is 14.3. The highest BCUT2D eigenvalue weighted by Crippen LogP contribution is 2.36. The fourth-order valence-electron chi connectivity index (χ4n) is 3.82. The zero-order valence-electron chi connectivity index (χ0n) is 15.9. The van der Waals surface area contributed by atoms with Crippen LogP contribution in [0.4, 0.5) is 0 Å². The Kier molecular flexibility index (Phi) is 4.46. The molecule has 0 aliphatic carbocycles. The summed E-state index contributed by atoms with van der Waals surface area (Å²) < 4.78 is 13.5. The molecule has 4 heterocycles. The molecule has 0 fully saturated rings. The first-order valence-corrected chi connectivity index (χ1v) is 9.49. The normalized spacial score (nSPS) is 12.9. The van der Waals surface area contributed by atoms with Gasteiger partial charge in [-0.1, -0.05) is 18.2 Å². The molecule has 29 heavy (non-hydrogen) atoms. The van der Waals surface area contributed by atoms with E-state index in [9.17, 15) is 5.11 Å². The number of pyridine rings is 1. The molecule has 1 unspecified atom stereocenters. The summed E-state index contributed by atoms with van der Waals surface area (Å²) in [5.41, 5.74) is 3.36. The van der Waals surface area contributed by atoms with Crippen LogP contribution in [0.2, 0.25) is 0 Å². The van der Waals surface area contributed by atoms with Gasteiger partial charge < -0.3 is 18.8 Å². The van der Waals surface area contributed by atoms with Crippen molar-refractivity contribution in [2.45, 2.75) is 19.1 Å². The number of para-hydroxylation sites is 1. The van der Waals surface area contributed by atoms with Gasteiger partial charge in [0.25, 0.3) is 0 Å². The van der Waals surface area contributed by atoms with Gasteiger partial charge in [0.1, 0.15) is 23.3 Å². The van der Waals surface area contributed by atoms with E-state index >= 15 is 0 Å². The van der Waals surface area contributed by atoms with Crippen LogP contribution in [0.5, 0.6) is 0 Å². The van der Waals surface area contributed by atoms with E-state index in [1.165, 1.54) is 0 Å². The van der Waals surface area contributed by atoms with Gasteiger partial charge in [-0.05, 0) is 24.6 Å². The summed E-state index contributed by atoms with van der Waals surface area (Å²) in [5, 5.41) is 12.4. The fourth-order valence-corrected chi connectivity index (χ4v) is 3.82. The molecule has 5 rings (SSSR count). The van der Waals surface area contributed by atoms with Crippen LogP contribution < -0.4 is 0 Å². The Labute approximate surface area is 166 Å². The SMILES string of the molecule is COC(CO)CCn1c2cnccc2c2c(-c3cc4ccccc4o3)ncnc21. The summed E-state index contributed by atoms with van der Waals surface area (Å²) >= 11 is 0. The highest BCUT2D eigenvalue weighted by Gasteiger charge is 2.20. The van der Waals surface area contributed by atoms with Crippen molar-refractivity contribution >= 4 is 32.9 Å². The van der Waals surface area contributed by atoms with Crippen molar-refractivity contribution in [1.82, 2.24) is 19.5 Å². The van der Waals surface area contributed by atoms with Gasteiger partial charge >= 0.3 is 0 Å². The van der Waals surface area contributed by atoms with Crippen LogP contribution in [0.15, 0.2) is 59.5 Å². The summed E-state index contributed by atoms with van der Waals surface area (Å²) in [5.74, 6) is 0.708. The van der Waals surface area contributed by atoms with Crippen LogP contribution >= 0.6 is 0 Å². The van der Waals surface area contributed by atoms with E-state index in [1.54, 1.807) is 19.6 Å². The molecule has 0 bridgehead atoms. The Hall–Kier alpha value is -3.29. The maximum absolute atomic E-state index is 9.46. The summed E-state index contributed by atoms with van der Waals surface area (Å²) in [6.45, 7) is 0.618. The zero-order chi connectivity index (χ0) is 19.8. The Morgan fingerprint density at radius 1 is 1.21 bits per heavy atom. The first kappa shape index (κ1) is 17.8. The Bertz CT molecular complexity index is 1270. The molecule has 1 N–H and O–H groups in total. The van der Waals surface area contributed by atoms with E-state index in [2.05, 4.69) is 19.5 Å². The number of hydrogen-bond acceptors (Lipinski definition) is 6. The smallest absolute Gasteiger partial charge is 0.154 e. The summed E-state index contributed by atoms with van der Waals surface area (Å²) in [6.07, 6.45) is 5.60. The lowest BCUT2D eigenvalue weighted by Crippen LogP contribution is -2.18. The summed E-state index contributed by atoms with van der Waals surface area (Å²) in [6, 6.07) is 11.9. The van der Waals surface area contributed by atoms with Crippen molar-refractivity contribution in [1.29, 1.82) is 0 Å². The Balaban J connectivity index is 1.72. The van der Waals surface area contributed by atoms with Crippen molar-refractivity contribution < 1.29 is 14.3 Å². The predicted molar refractivity (Wildman–Crippen MR) is 111 cm³/mol. The van der Waals surface area contributed by atoms with Crippen molar-refractivity contribution in [2.75, 3.05) is 13.7 Å². The summed E-state index contributed by atoms with van der Waals surface area (Å²) in [4.78, 5) is 13.4. The molecule has 0 aliphatic heterocycles. The highest BCUT2D eigenvalue weighted by atomic mass is 16.5. The van der Waals surface area contributed by atoms with Crippen molar-refractivity contribution in [3.05, 3.63) is 55.1 Å². The number of aromatic nitrogens is 4. The number of aryl methyl sites for hydroxylation is 1.